The van der Waals surface area contributed by atoms with E-state index in [1.165, 1.54) is 12.4 Å². The average molecular weight is 327 g/mol. The molecule has 0 bridgehead atoms. The van der Waals surface area contributed by atoms with Gasteiger partial charge in [0.05, 0.1) is 11.4 Å². The maximum atomic E-state index is 12.5. The number of amides is 1. The first-order valence-electron chi connectivity index (χ1n) is 7.82. The van der Waals surface area contributed by atoms with Crippen molar-refractivity contribution in [3.05, 3.63) is 36.3 Å². The van der Waals surface area contributed by atoms with Crippen molar-refractivity contribution in [3.63, 3.8) is 0 Å². The topological polar surface area (TPSA) is 136 Å². The molecule has 8 nitrogen and oxygen atoms in total. The lowest BCUT2D eigenvalue weighted by Gasteiger charge is -2.34. The quantitative estimate of drug-likeness (QED) is 0.613. The highest BCUT2D eigenvalue weighted by Crippen LogP contribution is 2.30. The van der Waals surface area contributed by atoms with Crippen LogP contribution in [0.5, 0.6) is 0 Å². The number of nitrogen functional groups attached to an aromatic ring is 2. The van der Waals surface area contributed by atoms with Gasteiger partial charge in [-0.15, -0.1) is 0 Å². The third-order valence-corrected chi connectivity index (χ3v) is 4.01. The van der Waals surface area contributed by atoms with Crippen LogP contribution in [0.4, 0.5) is 22.9 Å². The van der Waals surface area contributed by atoms with Crippen molar-refractivity contribution in [2.45, 2.75) is 18.9 Å². The van der Waals surface area contributed by atoms with Gasteiger partial charge in [0, 0.05) is 37.2 Å². The Balaban J connectivity index is 1.88. The number of carbonyl (C=O) groups is 1. The summed E-state index contributed by atoms with van der Waals surface area (Å²) >= 11 is 0. The van der Waals surface area contributed by atoms with Gasteiger partial charge in [0.2, 0.25) is 0 Å². The molecular weight excluding hydrogens is 306 g/mol. The Hall–Kier alpha value is -2.87. The predicted molar refractivity (Wildman–Crippen MR) is 94.7 cm³/mol. The number of anilines is 4. The second-order valence-corrected chi connectivity index (χ2v) is 5.87. The number of carbonyl (C=O) groups excluding carboxylic acids is 1. The summed E-state index contributed by atoms with van der Waals surface area (Å²) in [6, 6.07) is 5.54. The number of nitrogens with one attached hydrogen (secondary N) is 1. The molecule has 1 atom stereocenters. The number of hydrogen-bond donors (Lipinski definition) is 4. The molecule has 2 aromatic rings. The van der Waals surface area contributed by atoms with Gasteiger partial charge in [0.1, 0.15) is 0 Å². The van der Waals surface area contributed by atoms with E-state index in [-0.39, 0.29) is 17.6 Å². The maximum Gasteiger partial charge on any atom is 0.278 e. The van der Waals surface area contributed by atoms with Crippen LogP contribution in [0, 0.1) is 0 Å². The van der Waals surface area contributed by atoms with Gasteiger partial charge < -0.3 is 27.4 Å². The van der Waals surface area contributed by atoms with Crippen LogP contribution < -0.4 is 27.4 Å². The molecular formula is C16H21N7O. The van der Waals surface area contributed by atoms with Crippen molar-refractivity contribution in [3.8, 4) is 0 Å². The molecule has 0 aliphatic carbocycles. The average Bonchev–Trinajstić information content (AvgIpc) is 2.55. The van der Waals surface area contributed by atoms with E-state index >= 15 is 0 Å². The minimum absolute atomic E-state index is 0.0837. The summed E-state index contributed by atoms with van der Waals surface area (Å²) in [5.41, 5.74) is 19.8. The van der Waals surface area contributed by atoms with E-state index in [0.717, 1.165) is 31.6 Å². The van der Waals surface area contributed by atoms with E-state index in [1.54, 1.807) is 6.07 Å². The second kappa shape index (κ2) is 6.71. The lowest BCUT2D eigenvalue weighted by molar-refractivity contribution is 0.102. The van der Waals surface area contributed by atoms with Crippen molar-refractivity contribution >= 4 is 28.8 Å². The zero-order valence-corrected chi connectivity index (χ0v) is 13.3. The molecule has 1 aromatic carbocycles. The van der Waals surface area contributed by atoms with Gasteiger partial charge in [0.25, 0.3) is 5.91 Å². The Morgan fingerprint density at radius 2 is 2.04 bits per heavy atom. The molecule has 0 radical (unpaired) electrons. The van der Waals surface area contributed by atoms with Crippen LogP contribution in [0.3, 0.4) is 0 Å². The summed E-state index contributed by atoms with van der Waals surface area (Å²) in [5.74, 6) is -0.339. The SMILES string of the molecule is Nc1ccc(N2CCCC(N)C2)c(NC(=O)c2nccnc2N)c1. The molecule has 3 rings (SSSR count). The molecule has 24 heavy (non-hydrogen) atoms. The number of rotatable bonds is 3. The highest BCUT2D eigenvalue weighted by Gasteiger charge is 2.21. The van der Waals surface area contributed by atoms with E-state index < -0.39 is 5.91 Å². The lowest BCUT2D eigenvalue weighted by atomic mass is 10.1. The summed E-state index contributed by atoms with van der Waals surface area (Å²) in [7, 11) is 0. The van der Waals surface area contributed by atoms with Crippen LogP contribution in [0.1, 0.15) is 23.3 Å². The first-order valence-corrected chi connectivity index (χ1v) is 7.82. The summed E-state index contributed by atoms with van der Waals surface area (Å²) in [4.78, 5) is 22.5. The summed E-state index contributed by atoms with van der Waals surface area (Å²) in [6.45, 7) is 1.62. The van der Waals surface area contributed by atoms with Crippen LogP contribution in [-0.4, -0.2) is 35.0 Å². The van der Waals surface area contributed by atoms with E-state index in [0.29, 0.717) is 11.4 Å². The fraction of sp³-hybridized carbons (Fsp3) is 0.312. The molecule has 7 N–H and O–H groups in total. The number of nitrogens with two attached hydrogens (primary N) is 3. The summed E-state index contributed by atoms with van der Waals surface area (Å²) < 4.78 is 0. The van der Waals surface area contributed by atoms with Crippen molar-refractivity contribution in [2.24, 2.45) is 5.73 Å². The van der Waals surface area contributed by atoms with E-state index in [2.05, 4.69) is 20.2 Å². The highest BCUT2D eigenvalue weighted by molar-refractivity contribution is 6.07. The van der Waals surface area contributed by atoms with Gasteiger partial charge in [-0.3, -0.25) is 4.79 Å². The number of piperidine rings is 1. The number of benzene rings is 1. The molecule has 1 saturated heterocycles. The Morgan fingerprint density at radius 3 is 2.79 bits per heavy atom. The van der Waals surface area contributed by atoms with Crippen LogP contribution in [0.25, 0.3) is 0 Å². The number of aromatic nitrogens is 2. The normalized spacial score (nSPS) is 17.5. The fourth-order valence-electron chi connectivity index (χ4n) is 2.86. The molecule has 0 saturated carbocycles. The first-order chi connectivity index (χ1) is 11.5. The van der Waals surface area contributed by atoms with Crippen molar-refractivity contribution in [1.82, 2.24) is 9.97 Å². The van der Waals surface area contributed by atoms with Crippen LogP contribution >= 0.6 is 0 Å². The van der Waals surface area contributed by atoms with Gasteiger partial charge in [-0.1, -0.05) is 0 Å². The Morgan fingerprint density at radius 1 is 1.25 bits per heavy atom. The Kier molecular flexibility index (Phi) is 4.48. The van der Waals surface area contributed by atoms with E-state index in [4.69, 9.17) is 17.2 Å². The third-order valence-electron chi connectivity index (χ3n) is 4.01. The van der Waals surface area contributed by atoms with Crippen LogP contribution in [0.2, 0.25) is 0 Å². The molecule has 1 amide bonds. The molecule has 2 heterocycles. The standard InChI is InChI=1S/C16H21N7O/c17-10-3-4-13(23-7-1-2-11(18)9-23)12(8-10)22-16(24)14-15(19)21-6-5-20-14/h3-6,8,11H,1-2,7,9,17-18H2,(H2,19,21)(H,22,24). The largest absolute Gasteiger partial charge is 0.399 e. The summed E-state index contributed by atoms with van der Waals surface area (Å²) in [6.07, 6.45) is 4.88. The molecule has 1 unspecified atom stereocenters. The summed E-state index contributed by atoms with van der Waals surface area (Å²) in [5, 5.41) is 2.84. The lowest BCUT2D eigenvalue weighted by Crippen LogP contribution is -2.43. The Bertz CT molecular complexity index is 749. The number of nitrogens with zero attached hydrogens (tertiary/aromatic N) is 3. The second-order valence-electron chi connectivity index (χ2n) is 5.87. The van der Waals surface area contributed by atoms with E-state index in [1.807, 2.05) is 12.1 Å². The van der Waals surface area contributed by atoms with E-state index in [9.17, 15) is 4.79 Å². The molecule has 0 spiro atoms. The van der Waals surface area contributed by atoms with Gasteiger partial charge in [-0.2, -0.15) is 0 Å². The molecule has 1 aromatic heterocycles. The van der Waals surface area contributed by atoms with Crippen molar-refractivity contribution in [2.75, 3.05) is 34.8 Å². The molecule has 126 valence electrons. The third kappa shape index (κ3) is 3.38. The van der Waals surface area contributed by atoms with Crippen molar-refractivity contribution < 1.29 is 4.79 Å². The first kappa shape index (κ1) is 16.0. The van der Waals surface area contributed by atoms with Crippen LogP contribution in [0.15, 0.2) is 30.6 Å². The molecule has 1 fully saturated rings. The monoisotopic (exact) mass is 327 g/mol. The zero-order chi connectivity index (χ0) is 17.1. The van der Waals surface area contributed by atoms with Gasteiger partial charge >= 0.3 is 0 Å². The Labute approximate surface area is 140 Å². The predicted octanol–water partition coefficient (Wildman–Crippen LogP) is 0.821. The van der Waals surface area contributed by atoms with Crippen LogP contribution in [-0.2, 0) is 0 Å². The fourth-order valence-corrected chi connectivity index (χ4v) is 2.86. The van der Waals surface area contributed by atoms with Crippen molar-refractivity contribution in [1.29, 1.82) is 0 Å². The highest BCUT2D eigenvalue weighted by atomic mass is 16.1. The maximum absolute atomic E-state index is 12.5. The zero-order valence-electron chi connectivity index (χ0n) is 13.3. The van der Waals surface area contributed by atoms with Gasteiger partial charge in [0.15, 0.2) is 11.5 Å². The molecule has 1 aliphatic heterocycles. The van der Waals surface area contributed by atoms with Gasteiger partial charge in [-0.25, -0.2) is 9.97 Å². The molecule has 8 heteroatoms. The van der Waals surface area contributed by atoms with Gasteiger partial charge in [-0.05, 0) is 31.0 Å². The number of hydrogen-bond acceptors (Lipinski definition) is 7. The minimum Gasteiger partial charge on any atom is -0.399 e. The minimum atomic E-state index is -0.422. The molecule has 1 aliphatic rings. The smallest absolute Gasteiger partial charge is 0.278 e.